The Kier molecular flexibility index (Phi) is 4.94. The van der Waals surface area contributed by atoms with Gasteiger partial charge in [0.1, 0.15) is 5.75 Å². The minimum absolute atomic E-state index is 0.135. The predicted octanol–water partition coefficient (Wildman–Crippen LogP) is 5.26. The number of hydrogen-bond acceptors (Lipinski definition) is 3. The SMILES string of the molecule is CC(C)Cc1sc(Cl)nc1-c1ccc(OC(F)F)cc1. The summed E-state index contributed by atoms with van der Waals surface area (Å²) in [5.74, 6) is 0.627. The van der Waals surface area contributed by atoms with Gasteiger partial charge in [-0.15, -0.1) is 11.3 Å². The van der Waals surface area contributed by atoms with E-state index in [4.69, 9.17) is 11.6 Å². The normalized spacial score (nSPS) is 11.3. The average molecular weight is 318 g/mol. The van der Waals surface area contributed by atoms with Crippen molar-refractivity contribution in [3.63, 3.8) is 0 Å². The van der Waals surface area contributed by atoms with Crippen LogP contribution < -0.4 is 4.74 Å². The molecule has 0 N–H and O–H groups in total. The number of alkyl halides is 2. The molecule has 1 aromatic carbocycles. The van der Waals surface area contributed by atoms with Gasteiger partial charge in [-0.1, -0.05) is 25.4 Å². The topological polar surface area (TPSA) is 22.1 Å². The molecule has 1 aromatic heterocycles. The van der Waals surface area contributed by atoms with Crippen LogP contribution in [0.2, 0.25) is 4.47 Å². The van der Waals surface area contributed by atoms with Gasteiger partial charge in [-0.3, -0.25) is 0 Å². The second-order valence-electron chi connectivity index (χ2n) is 4.74. The summed E-state index contributed by atoms with van der Waals surface area (Å²) >= 11 is 7.44. The molecule has 0 fully saturated rings. The maximum absolute atomic E-state index is 12.1. The van der Waals surface area contributed by atoms with E-state index in [9.17, 15) is 8.78 Å². The highest BCUT2D eigenvalue weighted by atomic mass is 35.5. The molecule has 0 spiro atoms. The lowest BCUT2D eigenvalue weighted by atomic mass is 10.0. The van der Waals surface area contributed by atoms with Crippen LogP contribution >= 0.6 is 22.9 Å². The van der Waals surface area contributed by atoms with Crippen molar-refractivity contribution in [1.29, 1.82) is 0 Å². The molecule has 0 amide bonds. The third kappa shape index (κ3) is 3.90. The van der Waals surface area contributed by atoms with Gasteiger partial charge in [0, 0.05) is 10.4 Å². The lowest BCUT2D eigenvalue weighted by Gasteiger charge is -2.07. The Labute approximate surface area is 125 Å². The molecular weight excluding hydrogens is 304 g/mol. The molecule has 0 saturated carbocycles. The second kappa shape index (κ2) is 6.50. The molecule has 1 heterocycles. The molecule has 0 aliphatic heterocycles. The Morgan fingerprint density at radius 1 is 1.25 bits per heavy atom. The molecule has 108 valence electrons. The number of thiazole rings is 1. The predicted molar refractivity (Wildman–Crippen MR) is 77.7 cm³/mol. The summed E-state index contributed by atoms with van der Waals surface area (Å²) in [5, 5.41) is 0. The number of benzene rings is 1. The Morgan fingerprint density at radius 2 is 1.90 bits per heavy atom. The number of hydrogen-bond donors (Lipinski definition) is 0. The second-order valence-corrected chi connectivity index (χ2v) is 6.41. The minimum Gasteiger partial charge on any atom is -0.435 e. The largest absolute Gasteiger partial charge is 0.435 e. The third-order valence-electron chi connectivity index (χ3n) is 2.62. The van der Waals surface area contributed by atoms with Crippen molar-refractivity contribution in [3.05, 3.63) is 33.6 Å². The van der Waals surface area contributed by atoms with Gasteiger partial charge in [0.25, 0.3) is 0 Å². The molecule has 0 bridgehead atoms. The van der Waals surface area contributed by atoms with Crippen LogP contribution in [0.5, 0.6) is 5.75 Å². The summed E-state index contributed by atoms with van der Waals surface area (Å²) in [6.07, 6.45) is 0.884. The Hall–Kier alpha value is -1.20. The van der Waals surface area contributed by atoms with E-state index in [1.54, 1.807) is 12.1 Å². The fraction of sp³-hybridized carbons (Fsp3) is 0.357. The zero-order valence-corrected chi connectivity index (χ0v) is 12.6. The maximum atomic E-state index is 12.1. The van der Waals surface area contributed by atoms with E-state index in [0.29, 0.717) is 10.4 Å². The van der Waals surface area contributed by atoms with Gasteiger partial charge in [0.15, 0.2) is 4.47 Å². The minimum atomic E-state index is -2.81. The van der Waals surface area contributed by atoms with Crippen LogP contribution in [0.15, 0.2) is 24.3 Å². The highest BCUT2D eigenvalue weighted by molar-refractivity contribution is 7.16. The van der Waals surface area contributed by atoms with Gasteiger partial charge in [-0.25, -0.2) is 4.98 Å². The number of aromatic nitrogens is 1. The van der Waals surface area contributed by atoms with Gasteiger partial charge in [0.2, 0.25) is 0 Å². The van der Waals surface area contributed by atoms with Crippen molar-refractivity contribution in [2.24, 2.45) is 5.92 Å². The average Bonchev–Trinajstić information content (AvgIpc) is 2.69. The zero-order valence-electron chi connectivity index (χ0n) is 11.1. The first-order valence-corrected chi connectivity index (χ1v) is 7.35. The first kappa shape index (κ1) is 15.2. The van der Waals surface area contributed by atoms with Crippen molar-refractivity contribution in [2.45, 2.75) is 26.9 Å². The van der Waals surface area contributed by atoms with E-state index in [0.717, 1.165) is 22.6 Å². The Morgan fingerprint density at radius 3 is 2.45 bits per heavy atom. The molecule has 0 radical (unpaired) electrons. The van der Waals surface area contributed by atoms with Crippen molar-refractivity contribution < 1.29 is 13.5 Å². The van der Waals surface area contributed by atoms with Crippen molar-refractivity contribution in [3.8, 4) is 17.0 Å². The van der Waals surface area contributed by atoms with Crippen molar-refractivity contribution in [1.82, 2.24) is 4.98 Å². The number of ether oxygens (including phenoxy) is 1. The smallest absolute Gasteiger partial charge is 0.387 e. The van der Waals surface area contributed by atoms with Crippen LogP contribution in [-0.2, 0) is 6.42 Å². The summed E-state index contributed by atoms with van der Waals surface area (Å²) < 4.78 is 29.0. The van der Waals surface area contributed by atoms with Crippen molar-refractivity contribution >= 4 is 22.9 Å². The van der Waals surface area contributed by atoms with Crippen LogP contribution in [0.1, 0.15) is 18.7 Å². The maximum Gasteiger partial charge on any atom is 0.387 e. The first-order chi connectivity index (χ1) is 9.45. The Bertz CT molecular complexity index is 569. The first-order valence-electron chi connectivity index (χ1n) is 6.16. The molecule has 0 unspecified atom stereocenters. The molecule has 20 heavy (non-hydrogen) atoms. The zero-order chi connectivity index (χ0) is 14.7. The van der Waals surface area contributed by atoms with E-state index in [1.807, 2.05) is 0 Å². The van der Waals surface area contributed by atoms with Gasteiger partial charge >= 0.3 is 6.61 Å². The fourth-order valence-corrected chi connectivity index (χ4v) is 3.23. The summed E-state index contributed by atoms with van der Waals surface area (Å²) in [4.78, 5) is 5.42. The molecule has 2 rings (SSSR count). The lowest BCUT2D eigenvalue weighted by Crippen LogP contribution is -2.01. The quantitative estimate of drug-likeness (QED) is 0.750. The van der Waals surface area contributed by atoms with E-state index >= 15 is 0 Å². The monoisotopic (exact) mass is 317 g/mol. The summed E-state index contributed by atoms with van der Waals surface area (Å²) in [6.45, 7) is 1.43. The highest BCUT2D eigenvalue weighted by Crippen LogP contribution is 2.33. The van der Waals surface area contributed by atoms with Crippen LogP contribution in [0, 0.1) is 5.92 Å². The van der Waals surface area contributed by atoms with Crippen LogP contribution in [0.25, 0.3) is 11.3 Å². The fourth-order valence-electron chi connectivity index (χ4n) is 1.85. The standard InChI is InChI=1S/C14H14ClF2NOS/c1-8(2)7-11-12(18-13(15)20-11)9-3-5-10(6-4-9)19-14(16)17/h3-6,8,14H,7H2,1-2H3. The van der Waals surface area contributed by atoms with Crippen LogP contribution in [-0.4, -0.2) is 11.6 Å². The van der Waals surface area contributed by atoms with Crippen molar-refractivity contribution in [2.75, 3.05) is 0 Å². The molecule has 0 aliphatic rings. The van der Waals surface area contributed by atoms with Gasteiger partial charge < -0.3 is 4.74 Å². The van der Waals surface area contributed by atoms with E-state index in [1.165, 1.54) is 23.5 Å². The van der Waals surface area contributed by atoms with Crippen LogP contribution in [0.4, 0.5) is 8.78 Å². The number of nitrogens with zero attached hydrogens (tertiary/aromatic N) is 1. The molecule has 6 heteroatoms. The van der Waals surface area contributed by atoms with E-state index in [2.05, 4.69) is 23.6 Å². The molecule has 2 aromatic rings. The van der Waals surface area contributed by atoms with Gasteiger partial charge in [-0.2, -0.15) is 8.78 Å². The molecule has 0 aliphatic carbocycles. The summed E-state index contributed by atoms with van der Waals surface area (Å²) in [5.41, 5.74) is 1.67. The summed E-state index contributed by atoms with van der Waals surface area (Å²) in [6, 6.07) is 6.45. The van der Waals surface area contributed by atoms with Gasteiger partial charge in [0.05, 0.1) is 5.69 Å². The molecule has 0 saturated heterocycles. The molecule has 2 nitrogen and oxygen atoms in total. The lowest BCUT2D eigenvalue weighted by molar-refractivity contribution is -0.0498. The van der Waals surface area contributed by atoms with Gasteiger partial charge in [-0.05, 0) is 36.6 Å². The van der Waals surface area contributed by atoms with E-state index < -0.39 is 6.61 Å². The van der Waals surface area contributed by atoms with E-state index in [-0.39, 0.29) is 5.75 Å². The Balaban J connectivity index is 2.27. The molecular formula is C14H14ClF2NOS. The number of rotatable bonds is 5. The third-order valence-corrected chi connectivity index (χ3v) is 3.80. The summed E-state index contributed by atoms with van der Waals surface area (Å²) in [7, 11) is 0. The number of halogens is 3. The molecule has 0 atom stereocenters. The van der Waals surface area contributed by atoms with Crippen LogP contribution in [0.3, 0.4) is 0 Å². The highest BCUT2D eigenvalue weighted by Gasteiger charge is 2.14.